The van der Waals surface area contributed by atoms with Crippen molar-refractivity contribution in [1.82, 2.24) is 20.1 Å². The van der Waals surface area contributed by atoms with Crippen molar-refractivity contribution in [3.63, 3.8) is 0 Å². The lowest BCUT2D eigenvalue weighted by molar-refractivity contribution is 0.659. The molecule has 4 heteroatoms. The number of hydrogen-bond donors (Lipinski definition) is 1. The lowest BCUT2D eigenvalue weighted by Gasteiger charge is -2.06. The monoisotopic (exact) mass is 230 g/mol. The number of aryl methyl sites for hydroxylation is 2. The highest BCUT2D eigenvalue weighted by atomic mass is 15.3. The van der Waals surface area contributed by atoms with Crippen LogP contribution in [-0.4, -0.2) is 21.3 Å². The zero-order chi connectivity index (χ0) is 12.1. The second-order valence-electron chi connectivity index (χ2n) is 4.19. The molecule has 0 amide bonds. The predicted octanol–water partition coefficient (Wildman–Crippen LogP) is 1.46. The number of nitrogens with one attached hydrogen (secondary N) is 1. The Morgan fingerprint density at radius 1 is 1.29 bits per heavy atom. The molecule has 1 heterocycles. The highest BCUT2D eigenvalue weighted by Gasteiger charge is 1.99. The zero-order valence-corrected chi connectivity index (χ0v) is 10.3. The molecule has 0 radical (unpaired) electrons. The minimum Gasteiger partial charge on any atom is -0.312 e. The summed E-state index contributed by atoms with van der Waals surface area (Å²) in [5.74, 6) is 0.893. The summed E-state index contributed by atoms with van der Waals surface area (Å²) in [6.45, 7) is 3.94. The fourth-order valence-corrected chi connectivity index (χ4v) is 1.73. The van der Waals surface area contributed by atoms with Crippen molar-refractivity contribution in [1.29, 1.82) is 0 Å². The lowest BCUT2D eigenvalue weighted by atomic mass is 10.1. The molecule has 0 spiro atoms. The SMILES string of the molecule is Cc1ccccc1CNCCc1ncn(C)n1. The van der Waals surface area contributed by atoms with Gasteiger partial charge in [0, 0.05) is 26.6 Å². The molecule has 2 rings (SSSR count). The topological polar surface area (TPSA) is 42.7 Å². The maximum atomic E-state index is 4.24. The van der Waals surface area contributed by atoms with Gasteiger partial charge in [0.2, 0.25) is 0 Å². The van der Waals surface area contributed by atoms with Crippen molar-refractivity contribution in [2.45, 2.75) is 19.9 Å². The van der Waals surface area contributed by atoms with Gasteiger partial charge in [-0.05, 0) is 18.1 Å². The van der Waals surface area contributed by atoms with Gasteiger partial charge in [-0.3, -0.25) is 4.68 Å². The molecule has 0 bridgehead atoms. The van der Waals surface area contributed by atoms with Gasteiger partial charge in [0.05, 0.1) is 0 Å². The third-order valence-electron chi connectivity index (χ3n) is 2.75. The summed E-state index contributed by atoms with van der Waals surface area (Å²) in [7, 11) is 1.89. The first kappa shape index (κ1) is 11.8. The van der Waals surface area contributed by atoms with Crippen LogP contribution in [0.4, 0.5) is 0 Å². The Labute approximate surface area is 102 Å². The average molecular weight is 230 g/mol. The summed E-state index contributed by atoms with van der Waals surface area (Å²) in [6.07, 6.45) is 2.60. The Balaban J connectivity index is 1.75. The summed E-state index contributed by atoms with van der Waals surface area (Å²) in [6, 6.07) is 8.43. The normalized spacial score (nSPS) is 10.7. The van der Waals surface area contributed by atoms with Gasteiger partial charge in [-0.2, -0.15) is 5.10 Å². The molecule has 0 unspecified atom stereocenters. The van der Waals surface area contributed by atoms with E-state index in [0.717, 1.165) is 25.3 Å². The van der Waals surface area contributed by atoms with Crippen molar-refractivity contribution in [3.8, 4) is 0 Å². The predicted molar refractivity (Wildman–Crippen MR) is 67.6 cm³/mol. The highest BCUT2D eigenvalue weighted by Crippen LogP contribution is 2.05. The third-order valence-corrected chi connectivity index (χ3v) is 2.75. The quantitative estimate of drug-likeness (QED) is 0.791. The van der Waals surface area contributed by atoms with Crippen LogP contribution in [0.5, 0.6) is 0 Å². The average Bonchev–Trinajstić information content (AvgIpc) is 2.73. The van der Waals surface area contributed by atoms with E-state index in [-0.39, 0.29) is 0 Å². The van der Waals surface area contributed by atoms with E-state index < -0.39 is 0 Å². The van der Waals surface area contributed by atoms with Crippen molar-refractivity contribution in [3.05, 3.63) is 47.5 Å². The maximum Gasteiger partial charge on any atom is 0.151 e. The second kappa shape index (κ2) is 5.59. The Bertz CT molecular complexity index is 476. The van der Waals surface area contributed by atoms with E-state index in [2.05, 4.69) is 46.6 Å². The van der Waals surface area contributed by atoms with E-state index in [1.54, 1.807) is 11.0 Å². The number of rotatable bonds is 5. The summed E-state index contributed by atoms with van der Waals surface area (Å²) in [5, 5.41) is 7.65. The molecule has 0 aliphatic rings. The van der Waals surface area contributed by atoms with Crippen molar-refractivity contribution in [2.24, 2.45) is 7.05 Å². The molecule has 17 heavy (non-hydrogen) atoms. The fourth-order valence-electron chi connectivity index (χ4n) is 1.73. The van der Waals surface area contributed by atoms with E-state index >= 15 is 0 Å². The maximum absolute atomic E-state index is 4.24. The lowest BCUT2D eigenvalue weighted by Crippen LogP contribution is -2.17. The van der Waals surface area contributed by atoms with E-state index in [1.165, 1.54) is 11.1 Å². The smallest absolute Gasteiger partial charge is 0.151 e. The fraction of sp³-hybridized carbons (Fsp3) is 0.385. The van der Waals surface area contributed by atoms with Crippen molar-refractivity contribution < 1.29 is 0 Å². The van der Waals surface area contributed by atoms with E-state index in [9.17, 15) is 0 Å². The van der Waals surface area contributed by atoms with Crippen LogP contribution in [0.15, 0.2) is 30.6 Å². The van der Waals surface area contributed by atoms with E-state index in [0.29, 0.717) is 0 Å². The summed E-state index contributed by atoms with van der Waals surface area (Å²) in [4.78, 5) is 4.19. The molecule has 90 valence electrons. The Hall–Kier alpha value is -1.68. The Morgan fingerprint density at radius 3 is 2.82 bits per heavy atom. The van der Waals surface area contributed by atoms with Gasteiger partial charge in [0.1, 0.15) is 6.33 Å². The van der Waals surface area contributed by atoms with Gasteiger partial charge in [-0.1, -0.05) is 24.3 Å². The number of nitrogens with zero attached hydrogens (tertiary/aromatic N) is 3. The summed E-state index contributed by atoms with van der Waals surface area (Å²) in [5.41, 5.74) is 2.68. The van der Waals surface area contributed by atoms with Crippen LogP contribution < -0.4 is 5.32 Å². The molecular weight excluding hydrogens is 212 g/mol. The van der Waals surface area contributed by atoms with Gasteiger partial charge in [-0.15, -0.1) is 0 Å². The number of benzene rings is 1. The molecule has 1 aromatic carbocycles. The first-order chi connectivity index (χ1) is 8.25. The molecule has 0 aliphatic carbocycles. The van der Waals surface area contributed by atoms with Crippen LogP contribution >= 0.6 is 0 Å². The molecule has 4 nitrogen and oxygen atoms in total. The van der Waals surface area contributed by atoms with Crippen LogP contribution in [0.3, 0.4) is 0 Å². The van der Waals surface area contributed by atoms with Crippen LogP contribution in [0, 0.1) is 6.92 Å². The molecule has 2 aromatic rings. The van der Waals surface area contributed by atoms with Crippen LogP contribution in [0.2, 0.25) is 0 Å². The van der Waals surface area contributed by atoms with Gasteiger partial charge in [-0.25, -0.2) is 4.98 Å². The van der Waals surface area contributed by atoms with Gasteiger partial charge >= 0.3 is 0 Å². The highest BCUT2D eigenvalue weighted by molar-refractivity contribution is 5.25. The Kier molecular flexibility index (Phi) is 3.88. The molecule has 0 atom stereocenters. The molecule has 0 aliphatic heterocycles. The molecule has 0 saturated heterocycles. The number of hydrogen-bond acceptors (Lipinski definition) is 3. The first-order valence-corrected chi connectivity index (χ1v) is 5.85. The second-order valence-corrected chi connectivity index (χ2v) is 4.19. The molecule has 0 saturated carbocycles. The molecular formula is C13H18N4. The minimum atomic E-state index is 0.868. The molecule has 1 N–H and O–H groups in total. The van der Waals surface area contributed by atoms with Crippen LogP contribution in [-0.2, 0) is 20.0 Å². The van der Waals surface area contributed by atoms with Gasteiger partial charge < -0.3 is 5.32 Å². The first-order valence-electron chi connectivity index (χ1n) is 5.85. The van der Waals surface area contributed by atoms with E-state index in [4.69, 9.17) is 0 Å². The third kappa shape index (κ3) is 3.39. The zero-order valence-electron chi connectivity index (χ0n) is 10.3. The van der Waals surface area contributed by atoms with Crippen molar-refractivity contribution >= 4 is 0 Å². The number of aromatic nitrogens is 3. The summed E-state index contributed by atoms with van der Waals surface area (Å²) < 4.78 is 1.73. The summed E-state index contributed by atoms with van der Waals surface area (Å²) >= 11 is 0. The molecule has 0 fully saturated rings. The largest absolute Gasteiger partial charge is 0.312 e. The molecule has 1 aromatic heterocycles. The van der Waals surface area contributed by atoms with Crippen LogP contribution in [0.25, 0.3) is 0 Å². The van der Waals surface area contributed by atoms with Gasteiger partial charge in [0.15, 0.2) is 5.82 Å². The van der Waals surface area contributed by atoms with Crippen LogP contribution in [0.1, 0.15) is 17.0 Å². The van der Waals surface area contributed by atoms with Crippen molar-refractivity contribution in [2.75, 3.05) is 6.54 Å². The van der Waals surface area contributed by atoms with Gasteiger partial charge in [0.25, 0.3) is 0 Å². The minimum absolute atomic E-state index is 0.868. The standard InChI is InChI=1S/C13H18N4/c1-11-5-3-4-6-12(11)9-14-8-7-13-15-10-17(2)16-13/h3-6,10,14H,7-9H2,1-2H3. The Morgan fingerprint density at radius 2 is 2.12 bits per heavy atom. The van der Waals surface area contributed by atoms with E-state index in [1.807, 2.05) is 7.05 Å².